The Morgan fingerprint density at radius 2 is 1.96 bits per heavy atom. The van der Waals surface area contributed by atoms with Crippen molar-refractivity contribution in [2.75, 3.05) is 11.4 Å². The normalized spacial score (nSPS) is 20.7. The van der Waals surface area contributed by atoms with Gasteiger partial charge in [0.2, 0.25) is 15.9 Å². The third kappa shape index (κ3) is 3.36. The maximum absolute atomic E-state index is 13.2. The van der Waals surface area contributed by atoms with Crippen LogP contribution in [0.2, 0.25) is 5.02 Å². The average molecular weight is 371 g/mol. The molecule has 24 heavy (non-hydrogen) atoms. The Kier molecular flexibility index (Phi) is 5.42. The summed E-state index contributed by atoms with van der Waals surface area (Å²) < 4.78 is 27.6. The molecule has 1 amide bonds. The Morgan fingerprint density at radius 1 is 1.33 bits per heavy atom. The van der Waals surface area contributed by atoms with E-state index in [9.17, 15) is 13.2 Å². The van der Waals surface area contributed by atoms with E-state index in [2.05, 4.69) is 0 Å². The zero-order valence-electron chi connectivity index (χ0n) is 14.6. The number of carbonyl (C=O) groups excluding carboxylic acids is 1. The van der Waals surface area contributed by atoms with Gasteiger partial charge in [0, 0.05) is 17.6 Å². The lowest BCUT2D eigenvalue weighted by Gasteiger charge is -2.29. The highest BCUT2D eigenvalue weighted by molar-refractivity contribution is 7.89. The van der Waals surface area contributed by atoms with Crippen molar-refractivity contribution in [3.8, 4) is 0 Å². The molecule has 7 heteroatoms. The van der Waals surface area contributed by atoms with E-state index >= 15 is 0 Å². The largest absolute Gasteiger partial charge is 0.307 e. The van der Waals surface area contributed by atoms with Crippen molar-refractivity contribution in [3.63, 3.8) is 0 Å². The maximum atomic E-state index is 13.2. The van der Waals surface area contributed by atoms with Gasteiger partial charge in [0.05, 0.1) is 5.69 Å². The predicted octanol–water partition coefficient (Wildman–Crippen LogP) is 3.44. The molecule has 5 nitrogen and oxygen atoms in total. The van der Waals surface area contributed by atoms with Crippen LogP contribution in [0, 0.1) is 0 Å². The molecule has 0 saturated carbocycles. The molecule has 0 aliphatic carbocycles. The summed E-state index contributed by atoms with van der Waals surface area (Å²) in [6.07, 6.45) is 1.80. The number of hydrogen-bond acceptors (Lipinski definition) is 3. The second-order valence-electron chi connectivity index (χ2n) is 6.45. The molecule has 0 bridgehead atoms. The highest BCUT2D eigenvalue weighted by Gasteiger charge is 2.42. The molecule has 0 N–H and O–H groups in total. The summed E-state index contributed by atoms with van der Waals surface area (Å²) in [5.74, 6) is -0.239. The minimum atomic E-state index is -3.84. The molecule has 1 aliphatic rings. The third-order valence-electron chi connectivity index (χ3n) is 3.99. The fraction of sp³-hybridized carbons (Fsp3) is 0.471. The summed E-state index contributed by atoms with van der Waals surface area (Å²) in [7, 11) is -3.84. The summed E-state index contributed by atoms with van der Waals surface area (Å²) in [4.78, 5) is 14.6. The van der Waals surface area contributed by atoms with E-state index in [4.69, 9.17) is 11.6 Å². The zero-order valence-corrected chi connectivity index (χ0v) is 16.1. The van der Waals surface area contributed by atoms with E-state index in [1.807, 2.05) is 27.7 Å². The Morgan fingerprint density at radius 3 is 2.50 bits per heavy atom. The summed E-state index contributed by atoms with van der Waals surface area (Å²) in [5, 5.41) is 0.324. The number of halogens is 1. The first-order valence-electron chi connectivity index (χ1n) is 7.85. The Hall–Kier alpha value is -1.37. The highest BCUT2D eigenvalue weighted by Crippen LogP contribution is 2.36. The van der Waals surface area contributed by atoms with Crippen LogP contribution in [0.15, 0.2) is 34.7 Å². The molecule has 2 rings (SSSR count). The number of hydrogen-bond donors (Lipinski definition) is 0. The monoisotopic (exact) mass is 370 g/mol. The highest BCUT2D eigenvalue weighted by atomic mass is 35.5. The molecule has 1 aromatic rings. The van der Waals surface area contributed by atoms with Gasteiger partial charge in [-0.2, -0.15) is 4.31 Å². The SMILES string of the molecule is CC(C)=CCN1C(C)C(=O)N(C(C)C)c2ccc(Cl)cc2S1(=O)=O. The number of amides is 1. The summed E-state index contributed by atoms with van der Waals surface area (Å²) in [5.41, 5.74) is 1.37. The van der Waals surface area contributed by atoms with Crippen molar-refractivity contribution in [1.82, 2.24) is 4.31 Å². The van der Waals surface area contributed by atoms with Crippen LogP contribution < -0.4 is 4.90 Å². The van der Waals surface area contributed by atoms with Crippen LogP contribution in [0.25, 0.3) is 0 Å². The molecule has 0 spiro atoms. The first kappa shape index (κ1) is 19.0. The van der Waals surface area contributed by atoms with Crippen LogP contribution in [-0.2, 0) is 14.8 Å². The predicted molar refractivity (Wildman–Crippen MR) is 96.9 cm³/mol. The second-order valence-corrected chi connectivity index (χ2v) is 8.74. The molecule has 0 aromatic heterocycles. The van der Waals surface area contributed by atoms with Gasteiger partial charge in [-0.3, -0.25) is 4.79 Å². The molecule has 1 unspecified atom stereocenters. The van der Waals surface area contributed by atoms with Gasteiger partial charge in [-0.1, -0.05) is 23.3 Å². The second kappa shape index (κ2) is 6.86. The van der Waals surface area contributed by atoms with E-state index in [1.54, 1.807) is 25.1 Å². The van der Waals surface area contributed by atoms with Gasteiger partial charge in [0.1, 0.15) is 10.9 Å². The van der Waals surface area contributed by atoms with Gasteiger partial charge in [-0.25, -0.2) is 8.42 Å². The topological polar surface area (TPSA) is 57.7 Å². The molecular formula is C17H23ClN2O3S. The lowest BCUT2D eigenvalue weighted by molar-refractivity contribution is -0.121. The molecule has 1 aromatic carbocycles. The van der Waals surface area contributed by atoms with Crippen LogP contribution in [0.1, 0.15) is 34.6 Å². The maximum Gasteiger partial charge on any atom is 0.246 e. The standard InChI is InChI=1S/C17H23ClN2O3S/c1-11(2)8-9-19-13(5)17(21)20(12(3)4)15-7-6-14(18)10-16(15)24(19,22)23/h6-8,10,12-13H,9H2,1-5H3. The molecule has 0 saturated heterocycles. The molecular weight excluding hydrogens is 348 g/mol. The minimum absolute atomic E-state index is 0.0727. The van der Waals surface area contributed by atoms with Gasteiger partial charge in [-0.15, -0.1) is 0 Å². The molecule has 0 radical (unpaired) electrons. The molecule has 1 heterocycles. The fourth-order valence-electron chi connectivity index (χ4n) is 2.73. The number of anilines is 1. The van der Waals surface area contributed by atoms with Crippen molar-refractivity contribution < 1.29 is 13.2 Å². The Balaban J connectivity index is 2.74. The Bertz CT molecular complexity index is 783. The van der Waals surface area contributed by atoms with Crippen molar-refractivity contribution >= 4 is 33.2 Å². The van der Waals surface area contributed by atoms with Crippen LogP contribution in [-0.4, -0.2) is 37.3 Å². The Labute approximate surface area is 148 Å². The van der Waals surface area contributed by atoms with Crippen LogP contribution in [0.4, 0.5) is 5.69 Å². The van der Waals surface area contributed by atoms with Crippen LogP contribution in [0.3, 0.4) is 0 Å². The van der Waals surface area contributed by atoms with Crippen molar-refractivity contribution in [2.24, 2.45) is 0 Å². The average Bonchev–Trinajstić information content (AvgIpc) is 2.52. The number of fused-ring (bicyclic) bond motifs is 1. The number of sulfonamides is 1. The number of nitrogens with zero attached hydrogens (tertiary/aromatic N) is 2. The molecule has 132 valence electrons. The van der Waals surface area contributed by atoms with Crippen LogP contribution in [0.5, 0.6) is 0 Å². The van der Waals surface area contributed by atoms with Crippen molar-refractivity contribution in [1.29, 1.82) is 0 Å². The number of benzene rings is 1. The van der Waals surface area contributed by atoms with Gasteiger partial charge in [-0.05, 0) is 52.8 Å². The van der Waals surface area contributed by atoms with Crippen molar-refractivity contribution in [2.45, 2.75) is 51.6 Å². The third-order valence-corrected chi connectivity index (χ3v) is 6.19. The lowest BCUT2D eigenvalue weighted by atomic mass is 10.2. The van der Waals surface area contributed by atoms with Gasteiger partial charge >= 0.3 is 0 Å². The lowest BCUT2D eigenvalue weighted by Crippen LogP contribution is -2.48. The molecule has 0 fully saturated rings. The van der Waals surface area contributed by atoms with E-state index in [-0.39, 0.29) is 23.4 Å². The van der Waals surface area contributed by atoms with E-state index in [0.29, 0.717) is 10.7 Å². The molecule has 1 atom stereocenters. The van der Waals surface area contributed by atoms with Gasteiger partial charge in [0.15, 0.2) is 0 Å². The van der Waals surface area contributed by atoms with Gasteiger partial charge < -0.3 is 4.90 Å². The van der Waals surface area contributed by atoms with E-state index in [0.717, 1.165) is 5.57 Å². The van der Waals surface area contributed by atoms with Crippen LogP contribution >= 0.6 is 11.6 Å². The fourth-order valence-corrected chi connectivity index (χ4v) is 4.71. The minimum Gasteiger partial charge on any atom is -0.307 e. The smallest absolute Gasteiger partial charge is 0.246 e. The number of allylic oxidation sites excluding steroid dienone is 1. The first-order valence-corrected chi connectivity index (χ1v) is 9.67. The zero-order chi connectivity index (χ0) is 18.2. The number of rotatable bonds is 3. The quantitative estimate of drug-likeness (QED) is 0.766. The van der Waals surface area contributed by atoms with E-state index in [1.165, 1.54) is 15.3 Å². The molecule has 1 aliphatic heterocycles. The summed E-state index contributed by atoms with van der Waals surface area (Å²) in [6.45, 7) is 9.28. The number of carbonyl (C=O) groups is 1. The summed E-state index contributed by atoms with van der Waals surface area (Å²) >= 11 is 6.03. The van der Waals surface area contributed by atoms with E-state index < -0.39 is 16.1 Å². The van der Waals surface area contributed by atoms with Crippen molar-refractivity contribution in [3.05, 3.63) is 34.9 Å². The first-order chi connectivity index (χ1) is 11.1. The summed E-state index contributed by atoms with van der Waals surface area (Å²) in [6, 6.07) is 3.67. The van der Waals surface area contributed by atoms with Gasteiger partial charge in [0.25, 0.3) is 0 Å².